The van der Waals surface area contributed by atoms with Crippen molar-refractivity contribution in [3.05, 3.63) is 41.7 Å². The predicted octanol–water partition coefficient (Wildman–Crippen LogP) is 3.58. The molecule has 0 spiro atoms. The van der Waals surface area contributed by atoms with Crippen LogP contribution in [-0.4, -0.2) is 20.7 Å². The number of thioether (sulfide) groups is 1. The molecule has 1 atom stereocenters. The van der Waals surface area contributed by atoms with E-state index in [-0.39, 0.29) is 11.2 Å². The van der Waals surface area contributed by atoms with E-state index < -0.39 is 0 Å². The highest BCUT2D eigenvalue weighted by molar-refractivity contribution is 8.00. The first-order valence-corrected chi connectivity index (χ1v) is 7.56. The molecule has 4 nitrogen and oxygen atoms in total. The number of carbonyl (C=O) groups excluding carboxylic acids is 1. The first kappa shape index (κ1) is 14.9. The van der Waals surface area contributed by atoms with Gasteiger partial charge < -0.3 is 9.88 Å². The molecule has 0 aliphatic heterocycles. The van der Waals surface area contributed by atoms with Crippen LogP contribution in [-0.2, 0) is 11.8 Å². The third kappa shape index (κ3) is 3.77. The average Bonchev–Trinajstić information content (AvgIpc) is 2.81. The molecule has 0 radical (unpaired) electrons. The number of carbonyl (C=O) groups is 1. The Hall–Kier alpha value is -1.46. The Balaban J connectivity index is 2.04. The number of nitrogens with zero attached hydrogens (tertiary/aromatic N) is 2. The van der Waals surface area contributed by atoms with Crippen LogP contribution in [0.25, 0.3) is 0 Å². The largest absolute Gasteiger partial charge is 0.329 e. The summed E-state index contributed by atoms with van der Waals surface area (Å²) in [5, 5.41) is 4.14. The van der Waals surface area contributed by atoms with Crippen molar-refractivity contribution in [3.63, 3.8) is 0 Å². The van der Waals surface area contributed by atoms with Gasteiger partial charge in [0.05, 0.1) is 5.25 Å². The Morgan fingerprint density at radius 2 is 2.35 bits per heavy atom. The molecule has 1 amide bonds. The fourth-order valence-electron chi connectivity index (χ4n) is 1.70. The Labute approximate surface area is 127 Å². The van der Waals surface area contributed by atoms with E-state index in [0.29, 0.717) is 10.7 Å². The SMILES string of the molecule is CCC(Sc1nccn1C)C(=O)Nc1cccc(Cl)c1. The quantitative estimate of drug-likeness (QED) is 0.859. The molecule has 0 saturated carbocycles. The minimum atomic E-state index is -0.185. The van der Waals surface area contributed by atoms with Crippen molar-refractivity contribution in [2.45, 2.75) is 23.8 Å². The van der Waals surface area contributed by atoms with Crippen LogP contribution in [0.4, 0.5) is 5.69 Å². The molecule has 0 fully saturated rings. The molecule has 1 heterocycles. The minimum absolute atomic E-state index is 0.0391. The number of benzene rings is 1. The standard InChI is InChI=1S/C14H16ClN3OS/c1-3-12(20-14-16-7-8-18(14)2)13(19)17-11-6-4-5-10(15)9-11/h4-9,12H,3H2,1-2H3,(H,17,19). The molecule has 2 rings (SSSR count). The molecular formula is C14H16ClN3OS. The number of rotatable bonds is 5. The van der Waals surface area contributed by atoms with Gasteiger partial charge in [0.25, 0.3) is 0 Å². The number of aryl methyl sites for hydroxylation is 1. The third-order valence-corrected chi connectivity index (χ3v) is 4.45. The van der Waals surface area contributed by atoms with Gasteiger partial charge in [0.2, 0.25) is 5.91 Å². The first-order chi connectivity index (χ1) is 9.60. The average molecular weight is 310 g/mol. The molecule has 0 aliphatic rings. The lowest BCUT2D eigenvalue weighted by atomic mass is 10.3. The van der Waals surface area contributed by atoms with E-state index in [4.69, 9.17) is 11.6 Å². The van der Waals surface area contributed by atoms with E-state index in [1.165, 1.54) is 11.8 Å². The number of hydrogen-bond acceptors (Lipinski definition) is 3. The van der Waals surface area contributed by atoms with Gasteiger partial charge in [-0.1, -0.05) is 36.4 Å². The smallest absolute Gasteiger partial charge is 0.237 e. The van der Waals surface area contributed by atoms with E-state index >= 15 is 0 Å². The maximum absolute atomic E-state index is 12.3. The number of aromatic nitrogens is 2. The minimum Gasteiger partial charge on any atom is -0.329 e. The van der Waals surface area contributed by atoms with Gasteiger partial charge in [0.1, 0.15) is 0 Å². The van der Waals surface area contributed by atoms with Gasteiger partial charge in [0.15, 0.2) is 5.16 Å². The van der Waals surface area contributed by atoms with Crippen molar-refractivity contribution in [1.29, 1.82) is 0 Å². The molecule has 0 saturated heterocycles. The molecule has 6 heteroatoms. The monoisotopic (exact) mass is 309 g/mol. The van der Waals surface area contributed by atoms with Crippen LogP contribution in [0.15, 0.2) is 41.8 Å². The van der Waals surface area contributed by atoms with Crippen LogP contribution in [0.5, 0.6) is 0 Å². The van der Waals surface area contributed by atoms with Crippen LogP contribution < -0.4 is 5.32 Å². The lowest BCUT2D eigenvalue weighted by Gasteiger charge is -2.14. The van der Waals surface area contributed by atoms with Crippen LogP contribution in [0.2, 0.25) is 5.02 Å². The lowest BCUT2D eigenvalue weighted by Crippen LogP contribution is -2.24. The number of imidazole rings is 1. The van der Waals surface area contributed by atoms with Crippen LogP contribution in [0.3, 0.4) is 0 Å². The number of anilines is 1. The summed E-state index contributed by atoms with van der Waals surface area (Å²) in [6.45, 7) is 1.98. The van der Waals surface area contributed by atoms with Crippen molar-refractivity contribution in [2.24, 2.45) is 7.05 Å². The van der Waals surface area contributed by atoms with Gasteiger partial charge in [0, 0.05) is 30.2 Å². The van der Waals surface area contributed by atoms with Gasteiger partial charge in [-0.05, 0) is 24.6 Å². The van der Waals surface area contributed by atoms with Gasteiger partial charge in [-0.3, -0.25) is 4.79 Å². The highest BCUT2D eigenvalue weighted by Crippen LogP contribution is 2.25. The fourth-order valence-corrected chi connectivity index (χ4v) is 2.83. The summed E-state index contributed by atoms with van der Waals surface area (Å²) in [5.74, 6) is -0.0391. The second-order valence-electron chi connectivity index (χ2n) is 4.34. The zero-order valence-electron chi connectivity index (χ0n) is 11.3. The molecule has 0 bridgehead atoms. The summed E-state index contributed by atoms with van der Waals surface area (Å²) < 4.78 is 1.90. The first-order valence-electron chi connectivity index (χ1n) is 6.30. The lowest BCUT2D eigenvalue weighted by molar-refractivity contribution is -0.115. The van der Waals surface area contributed by atoms with Gasteiger partial charge in [-0.25, -0.2) is 4.98 Å². The summed E-state index contributed by atoms with van der Waals surface area (Å²) >= 11 is 7.37. The van der Waals surface area contributed by atoms with Crippen molar-refractivity contribution in [3.8, 4) is 0 Å². The summed E-state index contributed by atoms with van der Waals surface area (Å²) in [6.07, 6.45) is 4.32. The van der Waals surface area contributed by atoms with E-state index in [1.807, 2.05) is 36.9 Å². The van der Waals surface area contributed by atoms with Crippen molar-refractivity contribution < 1.29 is 4.79 Å². The Morgan fingerprint density at radius 1 is 1.55 bits per heavy atom. The number of halogens is 1. The predicted molar refractivity (Wildman–Crippen MR) is 83.2 cm³/mol. The number of nitrogens with one attached hydrogen (secondary N) is 1. The third-order valence-electron chi connectivity index (χ3n) is 2.78. The van der Waals surface area contributed by atoms with Crippen molar-refractivity contribution in [1.82, 2.24) is 9.55 Å². The summed E-state index contributed by atoms with van der Waals surface area (Å²) in [7, 11) is 1.91. The molecule has 1 aromatic heterocycles. The van der Waals surface area contributed by atoms with Crippen LogP contribution in [0, 0.1) is 0 Å². The topological polar surface area (TPSA) is 46.9 Å². The normalized spacial score (nSPS) is 12.2. The molecule has 1 unspecified atom stereocenters. The van der Waals surface area contributed by atoms with Gasteiger partial charge in [-0.15, -0.1) is 0 Å². The second kappa shape index (κ2) is 6.81. The maximum atomic E-state index is 12.3. The Bertz CT molecular complexity index is 600. The molecule has 1 N–H and O–H groups in total. The highest BCUT2D eigenvalue weighted by atomic mass is 35.5. The van der Waals surface area contributed by atoms with Crippen LogP contribution in [0.1, 0.15) is 13.3 Å². The van der Waals surface area contributed by atoms with Crippen molar-refractivity contribution >= 4 is 35.0 Å². The summed E-state index contributed by atoms with van der Waals surface area (Å²) in [5.41, 5.74) is 0.710. The van der Waals surface area contributed by atoms with Crippen molar-refractivity contribution in [2.75, 3.05) is 5.32 Å². The van der Waals surface area contributed by atoms with E-state index in [9.17, 15) is 4.79 Å². The number of hydrogen-bond donors (Lipinski definition) is 1. The molecule has 1 aromatic carbocycles. The fraction of sp³-hybridized carbons (Fsp3) is 0.286. The molecule has 20 heavy (non-hydrogen) atoms. The molecular weight excluding hydrogens is 294 g/mol. The maximum Gasteiger partial charge on any atom is 0.237 e. The van der Waals surface area contributed by atoms with Crippen LogP contribution >= 0.6 is 23.4 Å². The summed E-state index contributed by atoms with van der Waals surface area (Å²) in [6, 6.07) is 7.14. The molecule has 2 aromatic rings. The van der Waals surface area contributed by atoms with E-state index in [2.05, 4.69) is 10.3 Å². The highest BCUT2D eigenvalue weighted by Gasteiger charge is 2.20. The second-order valence-corrected chi connectivity index (χ2v) is 5.94. The Morgan fingerprint density at radius 3 is 2.95 bits per heavy atom. The number of amides is 1. The zero-order chi connectivity index (χ0) is 14.5. The van der Waals surface area contributed by atoms with E-state index in [1.54, 1.807) is 18.3 Å². The summed E-state index contributed by atoms with van der Waals surface area (Å²) in [4.78, 5) is 16.5. The molecule has 0 aliphatic carbocycles. The molecule has 106 valence electrons. The van der Waals surface area contributed by atoms with Gasteiger partial charge in [-0.2, -0.15) is 0 Å². The van der Waals surface area contributed by atoms with E-state index in [0.717, 1.165) is 11.6 Å². The van der Waals surface area contributed by atoms with Gasteiger partial charge >= 0.3 is 0 Å². The Kier molecular flexibility index (Phi) is 5.09. The zero-order valence-corrected chi connectivity index (χ0v) is 12.9.